The second-order valence-corrected chi connectivity index (χ2v) is 3.79. The Morgan fingerprint density at radius 3 is 2.47 bits per heavy atom. The highest BCUT2D eigenvalue weighted by Gasteiger charge is 2.00. The van der Waals surface area contributed by atoms with Crippen molar-refractivity contribution in [1.82, 2.24) is 20.3 Å². The summed E-state index contributed by atoms with van der Waals surface area (Å²) in [7, 11) is 4.12. The van der Waals surface area contributed by atoms with E-state index in [4.69, 9.17) is 0 Å². The number of hydrogen-bond donors (Lipinski definition) is 1. The first-order chi connectivity index (χ1) is 7.25. The van der Waals surface area contributed by atoms with E-state index in [1.54, 1.807) is 6.20 Å². The number of nitrogens with zero attached hydrogens (tertiary/aromatic N) is 3. The van der Waals surface area contributed by atoms with Crippen LogP contribution >= 0.6 is 0 Å². The van der Waals surface area contributed by atoms with Crippen LogP contribution in [0.25, 0.3) is 11.3 Å². The summed E-state index contributed by atoms with van der Waals surface area (Å²) in [6.45, 7) is 0.957. The molecule has 0 radical (unpaired) electrons. The van der Waals surface area contributed by atoms with Crippen molar-refractivity contribution in [3.8, 4) is 11.3 Å². The Kier molecular flexibility index (Phi) is 2.78. The van der Waals surface area contributed by atoms with E-state index in [2.05, 4.69) is 58.7 Å². The average Bonchev–Trinajstić information content (AvgIpc) is 2.71. The molecule has 1 aromatic carbocycles. The smallest absolute Gasteiger partial charge is 0.112 e. The molecule has 0 saturated carbocycles. The zero-order valence-electron chi connectivity index (χ0n) is 8.94. The van der Waals surface area contributed by atoms with E-state index in [0.717, 1.165) is 17.8 Å². The largest absolute Gasteiger partial charge is 0.305 e. The second kappa shape index (κ2) is 4.23. The molecule has 4 heteroatoms. The summed E-state index contributed by atoms with van der Waals surface area (Å²) in [4.78, 5) is 2.14. The van der Waals surface area contributed by atoms with Gasteiger partial charge >= 0.3 is 0 Å². The Balaban J connectivity index is 2.17. The molecule has 78 valence electrons. The van der Waals surface area contributed by atoms with Crippen LogP contribution in [0.5, 0.6) is 0 Å². The summed E-state index contributed by atoms with van der Waals surface area (Å²) in [5.74, 6) is 0. The van der Waals surface area contributed by atoms with Crippen LogP contribution < -0.4 is 0 Å². The van der Waals surface area contributed by atoms with Crippen molar-refractivity contribution in [1.29, 1.82) is 0 Å². The molecule has 0 spiro atoms. The standard InChI is InChI=1S/C11H14N4/c1-15(2)8-9-3-5-10(6-4-9)11-7-12-14-13-11/h3-7H,8H2,1-2H3,(H,12,13,14). The molecule has 0 bridgehead atoms. The van der Waals surface area contributed by atoms with Gasteiger partial charge in [0, 0.05) is 12.1 Å². The number of benzene rings is 1. The summed E-state index contributed by atoms with van der Waals surface area (Å²) in [6.07, 6.45) is 1.72. The van der Waals surface area contributed by atoms with Gasteiger partial charge in [-0.2, -0.15) is 15.4 Å². The number of aromatic amines is 1. The van der Waals surface area contributed by atoms with E-state index in [1.807, 2.05) is 0 Å². The van der Waals surface area contributed by atoms with Gasteiger partial charge in [0.25, 0.3) is 0 Å². The van der Waals surface area contributed by atoms with E-state index >= 15 is 0 Å². The maximum absolute atomic E-state index is 4.03. The zero-order valence-corrected chi connectivity index (χ0v) is 8.94. The average molecular weight is 202 g/mol. The summed E-state index contributed by atoms with van der Waals surface area (Å²) in [5.41, 5.74) is 3.27. The van der Waals surface area contributed by atoms with Gasteiger partial charge in [-0.25, -0.2) is 0 Å². The molecule has 0 saturated heterocycles. The van der Waals surface area contributed by atoms with Crippen LogP contribution in [0, 0.1) is 0 Å². The third-order valence-electron chi connectivity index (χ3n) is 2.16. The van der Waals surface area contributed by atoms with Crippen molar-refractivity contribution >= 4 is 0 Å². The van der Waals surface area contributed by atoms with Crippen LogP contribution in [-0.4, -0.2) is 34.4 Å². The Morgan fingerprint density at radius 2 is 1.93 bits per heavy atom. The first-order valence-electron chi connectivity index (χ1n) is 4.85. The molecule has 0 unspecified atom stereocenters. The molecule has 0 aliphatic carbocycles. The molecule has 0 aliphatic heterocycles. The molecule has 1 heterocycles. The zero-order chi connectivity index (χ0) is 10.7. The van der Waals surface area contributed by atoms with E-state index in [-0.39, 0.29) is 0 Å². The fourth-order valence-corrected chi connectivity index (χ4v) is 1.49. The third kappa shape index (κ3) is 2.41. The maximum atomic E-state index is 4.03. The fraction of sp³-hybridized carbons (Fsp3) is 0.273. The van der Waals surface area contributed by atoms with Gasteiger partial charge in [0.05, 0.1) is 6.20 Å². The lowest BCUT2D eigenvalue weighted by Gasteiger charge is -2.09. The number of H-pyrrole nitrogens is 1. The minimum absolute atomic E-state index is 0.881. The molecule has 1 N–H and O–H groups in total. The Hall–Kier alpha value is -1.68. The van der Waals surface area contributed by atoms with Crippen LogP contribution in [0.3, 0.4) is 0 Å². The number of rotatable bonds is 3. The molecule has 15 heavy (non-hydrogen) atoms. The molecular formula is C11H14N4. The summed E-state index contributed by atoms with van der Waals surface area (Å²) >= 11 is 0. The van der Waals surface area contributed by atoms with Crippen LogP contribution in [-0.2, 0) is 6.54 Å². The summed E-state index contributed by atoms with van der Waals surface area (Å²) in [5, 5.41) is 10.4. The van der Waals surface area contributed by atoms with Crippen LogP contribution in [0.1, 0.15) is 5.56 Å². The molecule has 4 nitrogen and oxygen atoms in total. The first-order valence-corrected chi connectivity index (χ1v) is 4.85. The van der Waals surface area contributed by atoms with Gasteiger partial charge in [0.2, 0.25) is 0 Å². The van der Waals surface area contributed by atoms with E-state index < -0.39 is 0 Å². The lowest BCUT2D eigenvalue weighted by Crippen LogP contribution is -2.10. The molecule has 1 aromatic heterocycles. The summed E-state index contributed by atoms with van der Waals surface area (Å²) < 4.78 is 0. The Labute approximate surface area is 88.9 Å². The van der Waals surface area contributed by atoms with Gasteiger partial charge in [0.1, 0.15) is 5.69 Å². The third-order valence-corrected chi connectivity index (χ3v) is 2.16. The highest BCUT2D eigenvalue weighted by atomic mass is 15.3. The molecular weight excluding hydrogens is 188 g/mol. The quantitative estimate of drug-likeness (QED) is 0.821. The van der Waals surface area contributed by atoms with Crippen molar-refractivity contribution in [2.24, 2.45) is 0 Å². The van der Waals surface area contributed by atoms with Gasteiger partial charge in [-0.3, -0.25) is 0 Å². The highest BCUT2D eigenvalue weighted by Crippen LogP contribution is 2.16. The van der Waals surface area contributed by atoms with Gasteiger partial charge in [-0.1, -0.05) is 24.3 Å². The van der Waals surface area contributed by atoms with Crippen LogP contribution in [0.2, 0.25) is 0 Å². The molecule has 0 amide bonds. The van der Waals surface area contributed by atoms with E-state index in [9.17, 15) is 0 Å². The van der Waals surface area contributed by atoms with Crippen molar-refractivity contribution in [2.45, 2.75) is 6.54 Å². The van der Waals surface area contributed by atoms with Crippen LogP contribution in [0.15, 0.2) is 30.5 Å². The Bertz CT molecular complexity index is 403. The van der Waals surface area contributed by atoms with Crippen molar-refractivity contribution in [3.63, 3.8) is 0 Å². The maximum Gasteiger partial charge on any atom is 0.112 e. The fourth-order valence-electron chi connectivity index (χ4n) is 1.49. The Morgan fingerprint density at radius 1 is 1.20 bits per heavy atom. The predicted molar refractivity (Wildman–Crippen MR) is 59.2 cm³/mol. The summed E-state index contributed by atoms with van der Waals surface area (Å²) in [6, 6.07) is 8.36. The molecule has 2 aromatic rings. The van der Waals surface area contributed by atoms with Crippen LogP contribution in [0.4, 0.5) is 0 Å². The molecule has 2 rings (SSSR count). The lowest BCUT2D eigenvalue weighted by atomic mass is 10.1. The van der Waals surface area contributed by atoms with Crippen molar-refractivity contribution in [3.05, 3.63) is 36.0 Å². The molecule has 0 aliphatic rings. The number of aromatic nitrogens is 3. The number of nitrogens with one attached hydrogen (secondary N) is 1. The molecule has 0 fully saturated rings. The normalized spacial score (nSPS) is 10.9. The van der Waals surface area contributed by atoms with Gasteiger partial charge in [-0.05, 0) is 19.7 Å². The highest BCUT2D eigenvalue weighted by molar-refractivity contribution is 5.57. The van der Waals surface area contributed by atoms with Gasteiger partial charge in [0.15, 0.2) is 0 Å². The monoisotopic (exact) mass is 202 g/mol. The van der Waals surface area contributed by atoms with E-state index in [1.165, 1.54) is 5.56 Å². The SMILES string of the molecule is CN(C)Cc1ccc(-c2cn[nH]n2)cc1. The molecule has 0 atom stereocenters. The lowest BCUT2D eigenvalue weighted by molar-refractivity contribution is 0.402. The number of hydrogen-bond acceptors (Lipinski definition) is 3. The second-order valence-electron chi connectivity index (χ2n) is 3.79. The minimum atomic E-state index is 0.881. The first kappa shape index (κ1) is 9.86. The van der Waals surface area contributed by atoms with Crippen molar-refractivity contribution < 1.29 is 0 Å². The van der Waals surface area contributed by atoms with E-state index in [0.29, 0.717) is 0 Å². The minimum Gasteiger partial charge on any atom is -0.305 e. The predicted octanol–water partition coefficient (Wildman–Crippen LogP) is 1.53. The van der Waals surface area contributed by atoms with Gasteiger partial charge < -0.3 is 4.90 Å². The van der Waals surface area contributed by atoms with Gasteiger partial charge in [-0.15, -0.1) is 0 Å². The topological polar surface area (TPSA) is 44.8 Å². The van der Waals surface area contributed by atoms with Crippen molar-refractivity contribution in [2.75, 3.05) is 14.1 Å².